The van der Waals surface area contributed by atoms with Gasteiger partial charge in [-0.05, 0) is 36.2 Å². The van der Waals surface area contributed by atoms with Crippen LogP contribution >= 0.6 is 11.6 Å². The van der Waals surface area contributed by atoms with Crippen molar-refractivity contribution in [2.75, 3.05) is 27.9 Å². The monoisotopic (exact) mass is 405 g/mol. The van der Waals surface area contributed by atoms with Gasteiger partial charge in [-0.1, -0.05) is 30.7 Å². The van der Waals surface area contributed by atoms with Gasteiger partial charge in [0.15, 0.2) is 11.5 Å². The molecular weight excluding hydrogens is 382 g/mol. The van der Waals surface area contributed by atoms with Crippen LogP contribution in [0.5, 0.6) is 11.5 Å². The van der Waals surface area contributed by atoms with E-state index in [0.29, 0.717) is 40.8 Å². The van der Waals surface area contributed by atoms with Crippen LogP contribution in [0.15, 0.2) is 36.4 Å². The molecule has 0 spiro atoms. The molecule has 28 heavy (non-hydrogen) atoms. The average molecular weight is 406 g/mol. The quantitative estimate of drug-likeness (QED) is 0.616. The van der Waals surface area contributed by atoms with Gasteiger partial charge in [0.1, 0.15) is 0 Å². The smallest absolute Gasteiger partial charge is 0.337 e. The fraction of sp³-hybridized carbons (Fsp3) is 0.333. The van der Waals surface area contributed by atoms with E-state index >= 15 is 0 Å². The third kappa shape index (κ3) is 5.16. The van der Waals surface area contributed by atoms with E-state index < -0.39 is 5.97 Å². The Bertz CT molecular complexity index is 835. The van der Waals surface area contributed by atoms with E-state index in [1.165, 1.54) is 14.2 Å². The number of hydrogen-bond donors (Lipinski definition) is 0. The zero-order valence-electron chi connectivity index (χ0n) is 16.5. The van der Waals surface area contributed by atoms with Crippen molar-refractivity contribution in [1.82, 2.24) is 4.90 Å². The summed E-state index contributed by atoms with van der Waals surface area (Å²) in [6.45, 7) is 2.87. The molecule has 0 aromatic heterocycles. The molecule has 150 valence electrons. The van der Waals surface area contributed by atoms with Crippen LogP contribution in [0.3, 0.4) is 0 Å². The zero-order valence-corrected chi connectivity index (χ0v) is 17.2. The van der Waals surface area contributed by atoms with Gasteiger partial charge >= 0.3 is 5.97 Å². The van der Waals surface area contributed by atoms with Crippen molar-refractivity contribution in [2.24, 2.45) is 0 Å². The van der Waals surface area contributed by atoms with Crippen LogP contribution < -0.4 is 9.47 Å². The number of halogens is 1. The lowest BCUT2D eigenvalue weighted by Gasteiger charge is -2.19. The Hall–Kier alpha value is -2.73. The zero-order chi connectivity index (χ0) is 20.7. The minimum Gasteiger partial charge on any atom is -0.493 e. The lowest BCUT2D eigenvalue weighted by atomic mass is 10.1. The van der Waals surface area contributed by atoms with Gasteiger partial charge in [-0.15, -0.1) is 0 Å². The number of benzene rings is 2. The van der Waals surface area contributed by atoms with E-state index in [-0.39, 0.29) is 5.91 Å². The summed E-state index contributed by atoms with van der Waals surface area (Å²) in [5.41, 5.74) is 1.74. The van der Waals surface area contributed by atoms with Crippen LogP contribution in [0.4, 0.5) is 0 Å². The van der Waals surface area contributed by atoms with Crippen molar-refractivity contribution in [3.63, 3.8) is 0 Å². The molecule has 0 fully saturated rings. The predicted octanol–water partition coefficient (Wildman–Crippen LogP) is 4.20. The second-order valence-corrected chi connectivity index (χ2v) is 6.59. The van der Waals surface area contributed by atoms with Gasteiger partial charge in [-0.25, -0.2) is 4.79 Å². The highest BCUT2D eigenvalue weighted by atomic mass is 35.5. The third-order valence-electron chi connectivity index (χ3n) is 4.07. The number of esters is 1. The molecular formula is C21H24ClNO5. The average Bonchev–Trinajstić information content (AvgIpc) is 2.71. The second kappa shape index (κ2) is 9.99. The Morgan fingerprint density at radius 3 is 2.32 bits per heavy atom. The van der Waals surface area contributed by atoms with E-state index in [1.807, 2.05) is 6.92 Å². The Labute approximate surface area is 169 Å². The molecule has 0 aliphatic carbocycles. The van der Waals surface area contributed by atoms with E-state index in [4.69, 9.17) is 21.1 Å². The number of carbonyl (C=O) groups excluding carboxylic acids is 2. The number of ether oxygens (including phenoxy) is 3. The molecule has 0 heterocycles. The minimum absolute atomic E-state index is 0.209. The van der Waals surface area contributed by atoms with Crippen molar-refractivity contribution in [3.05, 3.63) is 58.1 Å². The largest absolute Gasteiger partial charge is 0.493 e. The fourth-order valence-electron chi connectivity index (χ4n) is 2.62. The van der Waals surface area contributed by atoms with Gasteiger partial charge in [-0.3, -0.25) is 4.79 Å². The molecule has 0 aliphatic rings. The topological polar surface area (TPSA) is 65.1 Å². The molecule has 0 atom stereocenters. The molecule has 2 aromatic rings. The molecule has 2 aromatic carbocycles. The summed E-state index contributed by atoms with van der Waals surface area (Å²) in [5, 5.41) is 0.326. The summed E-state index contributed by atoms with van der Waals surface area (Å²) in [4.78, 5) is 25.9. The summed E-state index contributed by atoms with van der Waals surface area (Å²) in [7, 11) is 4.53. The Morgan fingerprint density at radius 2 is 1.75 bits per heavy atom. The van der Waals surface area contributed by atoms with E-state index in [2.05, 4.69) is 4.74 Å². The molecule has 0 aliphatic heterocycles. The molecule has 2 rings (SSSR count). The maximum atomic E-state index is 12.8. The highest BCUT2D eigenvalue weighted by Gasteiger charge is 2.19. The first-order chi connectivity index (χ1) is 13.4. The van der Waals surface area contributed by atoms with Crippen molar-refractivity contribution >= 4 is 23.5 Å². The Balaban J connectivity index is 2.16. The summed E-state index contributed by atoms with van der Waals surface area (Å²) in [5.74, 6) is 0.242. The number of hydrogen-bond acceptors (Lipinski definition) is 5. The van der Waals surface area contributed by atoms with E-state index in [9.17, 15) is 9.59 Å². The van der Waals surface area contributed by atoms with Crippen LogP contribution in [0.25, 0.3) is 0 Å². The molecule has 0 saturated carbocycles. The number of carbonyl (C=O) groups is 2. The van der Waals surface area contributed by atoms with Crippen molar-refractivity contribution < 1.29 is 23.8 Å². The molecule has 0 unspecified atom stereocenters. The van der Waals surface area contributed by atoms with Gasteiger partial charge in [-0.2, -0.15) is 0 Å². The summed E-state index contributed by atoms with van der Waals surface area (Å²) < 4.78 is 15.6. The van der Waals surface area contributed by atoms with Crippen molar-refractivity contribution in [2.45, 2.75) is 19.9 Å². The third-order valence-corrected chi connectivity index (χ3v) is 4.35. The van der Waals surface area contributed by atoms with Gasteiger partial charge < -0.3 is 19.1 Å². The van der Waals surface area contributed by atoms with Crippen LogP contribution in [0, 0.1) is 0 Å². The molecule has 0 saturated heterocycles. The molecule has 0 radical (unpaired) electrons. The van der Waals surface area contributed by atoms with Crippen LogP contribution in [0.2, 0.25) is 5.02 Å². The van der Waals surface area contributed by atoms with Crippen molar-refractivity contribution in [3.8, 4) is 11.5 Å². The Morgan fingerprint density at radius 1 is 1.07 bits per heavy atom. The van der Waals surface area contributed by atoms with E-state index in [0.717, 1.165) is 12.0 Å². The summed E-state index contributed by atoms with van der Waals surface area (Å²) in [6.07, 6.45) is 0.831. The second-order valence-electron chi connectivity index (χ2n) is 6.19. The summed E-state index contributed by atoms with van der Waals surface area (Å²) in [6, 6.07) is 10.1. The standard InChI is InChI=1S/C21H24ClNO5/c1-5-10-28-19-17(22)11-16(12-18(19)26-3)20(24)23(2)13-14-6-8-15(9-7-14)21(25)27-4/h6-9,11-12H,5,10,13H2,1-4H3. The fourth-order valence-corrected chi connectivity index (χ4v) is 2.88. The van der Waals surface area contributed by atoms with Crippen LogP contribution in [-0.2, 0) is 11.3 Å². The van der Waals surface area contributed by atoms with E-state index in [1.54, 1.807) is 48.3 Å². The lowest BCUT2D eigenvalue weighted by molar-refractivity contribution is 0.0600. The normalized spacial score (nSPS) is 10.3. The number of methoxy groups -OCH3 is 2. The molecule has 0 bridgehead atoms. The number of nitrogens with zero attached hydrogens (tertiary/aromatic N) is 1. The molecule has 0 N–H and O–H groups in total. The van der Waals surface area contributed by atoms with Gasteiger partial charge in [0, 0.05) is 19.2 Å². The van der Waals surface area contributed by atoms with Gasteiger partial charge in [0.2, 0.25) is 0 Å². The SMILES string of the molecule is CCCOc1c(Cl)cc(C(=O)N(C)Cc2ccc(C(=O)OC)cc2)cc1OC. The number of rotatable bonds is 8. The predicted molar refractivity (Wildman–Crippen MR) is 107 cm³/mol. The van der Waals surface area contributed by atoms with Crippen molar-refractivity contribution in [1.29, 1.82) is 0 Å². The highest BCUT2D eigenvalue weighted by molar-refractivity contribution is 6.32. The van der Waals surface area contributed by atoms with Crippen LogP contribution in [0.1, 0.15) is 39.6 Å². The van der Waals surface area contributed by atoms with Gasteiger partial charge in [0.25, 0.3) is 5.91 Å². The first-order valence-corrected chi connectivity index (χ1v) is 9.22. The molecule has 1 amide bonds. The number of amides is 1. The first kappa shape index (κ1) is 21.6. The molecule has 6 nitrogen and oxygen atoms in total. The Kier molecular flexibility index (Phi) is 7.70. The highest BCUT2D eigenvalue weighted by Crippen LogP contribution is 2.36. The summed E-state index contributed by atoms with van der Waals surface area (Å²) >= 11 is 6.30. The lowest BCUT2D eigenvalue weighted by Crippen LogP contribution is -2.26. The van der Waals surface area contributed by atoms with Gasteiger partial charge in [0.05, 0.1) is 31.4 Å². The minimum atomic E-state index is -0.400. The first-order valence-electron chi connectivity index (χ1n) is 8.84. The molecule has 7 heteroatoms. The maximum Gasteiger partial charge on any atom is 0.337 e. The maximum absolute atomic E-state index is 12.8. The van der Waals surface area contributed by atoms with Crippen LogP contribution in [-0.4, -0.2) is 44.7 Å².